The van der Waals surface area contributed by atoms with Crippen LogP contribution < -0.4 is 5.32 Å². The van der Waals surface area contributed by atoms with Crippen LogP contribution in [-0.4, -0.2) is 45.0 Å². The number of hydrogen-bond acceptors (Lipinski definition) is 4. The second-order valence-electron chi connectivity index (χ2n) is 5.10. The Balaban J connectivity index is 1.82. The van der Waals surface area contributed by atoms with Gasteiger partial charge in [-0.05, 0) is 12.1 Å². The predicted octanol–water partition coefficient (Wildman–Crippen LogP) is 0.722. The minimum absolute atomic E-state index is 0.0180. The molecule has 2 heterocycles. The Morgan fingerprint density at radius 1 is 1.19 bits per heavy atom. The minimum Gasteiger partial charge on any atom is -0.376 e. The van der Waals surface area contributed by atoms with E-state index in [1.807, 2.05) is 0 Å². The third-order valence-electron chi connectivity index (χ3n) is 3.61. The van der Waals surface area contributed by atoms with Crippen LogP contribution in [-0.2, 0) is 24.5 Å². The summed E-state index contributed by atoms with van der Waals surface area (Å²) in [6.07, 6.45) is -0.772. The lowest BCUT2D eigenvalue weighted by Gasteiger charge is -2.43. The van der Waals surface area contributed by atoms with Crippen molar-refractivity contribution in [3.8, 4) is 0 Å². The van der Waals surface area contributed by atoms with Crippen LogP contribution in [0.15, 0.2) is 18.2 Å². The molecular formula is C14H15F2NO4. The molecule has 1 unspecified atom stereocenters. The van der Waals surface area contributed by atoms with Gasteiger partial charge in [0.2, 0.25) is 0 Å². The van der Waals surface area contributed by atoms with Crippen LogP contribution in [0.5, 0.6) is 0 Å². The zero-order valence-corrected chi connectivity index (χ0v) is 11.2. The average Bonchev–Trinajstić information content (AvgIpc) is 2.45. The predicted molar refractivity (Wildman–Crippen MR) is 67.6 cm³/mol. The fraction of sp³-hybridized carbons (Fsp3) is 0.500. The first-order valence-electron chi connectivity index (χ1n) is 6.66. The molecule has 0 radical (unpaired) electrons. The van der Waals surface area contributed by atoms with Crippen molar-refractivity contribution in [1.82, 2.24) is 5.32 Å². The minimum atomic E-state index is -1.19. The van der Waals surface area contributed by atoms with Crippen molar-refractivity contribution < 1.29 is 27.8 Å². The molecular weight excluding hydrogens is 284 g/mol. The standard InChI is InChI=1S/C14H15F2NO4/c15-9-2-1-3-10(16)12(9)14(7-20-8-14)17-13(18)11-6-19-4-5-21-11/h1-3,11H,4-8H2,(H,17,18). The van der Waals surface area contributed by atoms with E-state index in [0.29, 0.717) is 13.2 Å². The summed E-state index contributed by atoms with van der Waals surface area (Å²) in [5.41, 5.74) is -1.37. The molecule has 2 fully saturated rings. The fourth-order valence-electron chi connectivity index (χ4n) is 2.50. The molecule has 0 saturated carbocycles. The molecule has 2 aliphatic heterocycles. The summed E-state index contributed by atoms with van der Waals surface area (Å²) in [4.78, 5) is 12.2. The molecule has 114 valence electrons. The van der Waals surface area contributed by atoms with Crippen LogP contribution in [0, 0.1) is 11.6 Å². The Bertz CT molecular complexity index is 522. The van der Waals surface area contributed by atoms with Crippen molar-refractivity contribution in [1.29, 1.82) is 0 Å². The van der Waals surface area contributed by atoms with E-state index in [-0.39, 0.29) is 25.4 Å². The topological polar surface area (TPSA) is 56.8 Å². The number of nitrogens with one attached hydrogen (secondary N) is 1. The maximum Gasteiger partial charge on any atom is 0.252 e. The SMILES string of the molecule is O=C(NC1(c2c(F)cccc2F)COC1)C1COCCO1. The summed E-state index contributed by atoms with van der Waals surface area (Å²) in [5.74, 6) is -1.88. The molecule has 2 saturated heterocycles. The zero-order chi connectivity index (χ0) is 14.9. The highest BCUT2D eigenvalue weighted by molar-refractivity contribution is 5.82. The lowest BCUT2D eigenvalue weighted by molar-refractivity contribution is -0.157. The maximum atomic E-state index is 14.0. The number of carbonyl (C=O) groups is 1. The van der Waals surface area contributed by atoms with E-state index in [9.17, 15) is 13.6 Å². The molecule has 1 N–H and O–H groups in total. The van der Waals surface area contributed by atoms with Gasteiger partial charge in [-0.1, -0.05) is 6.07 Å². The summed E-state index contributed by atoms with van der Waals surface area (Å²) in [6.45, 7) is 0.909. The highest BCUT2D eigenvalue weighted by atomic mass is 19.1. The van der Waals surface area contributed by atoms with E-state index in [4.69, 9.17) is 14.2 Å². The van der Waals surface area contributed by atoms with Gasteiger partial charge in [0.1, 0.15) is 17.2 Å². The summed E-state index contributed by atoms with van der Waals surface area (Å²) in [7, 11) is 0. The molecule has 5 nitrogen and oxygen atoms in total. The Kier molecular flexibility index (Phi) is 3.88. The van der Waals surface area contributed by atoms with E-state index < -0.39 is 29.2 Å². The van der Waals surface area contributed by atoms with Gasteiger partial charge in [0, 0.05) is 0 Å². The van der Waals surface area contributed by atoms with E-state index >= 15 is 0 Å². The van der Waals surface area contributed by atoms with Gasteiger partial charge in [0.15, 0.2) is 6.10 Å². The Hall–Kier alpha value is -1.57. The van der Waals surface area contributed by atoms with E-state index in [2.05, 4.69) is 5.32 Å². The molecule has 1 atom stereocenters. The van der Waals surface area contributed by atoms with Crippen LogP contribution in [0.2, 0.25) is 0 Å². The molecule has 0 aliphatic carbocycles. The van der Waals surface area contributed by atoms with Crippen LogP contribution >= 0.6 is 0 Å². The number of halogens is 2. The molecule has 1 amide bonds. The van der Waals surface area contributed by atoms with E-state index in [1.165, 1.54) is 6.07 Å². The van der Waals surface area contributed by atoms with Gasteiger partial charge >= 0.3 is 0 Å². The Morgan fingerprint density at radius 2 is 1.90 bits per heavy atom. The quantitative estimate of drug-likeness (QED) is 0.893. The molecule has 7 heteroatoms. The molecule has 3 rings (SSSR count). The molecule has 2 aliphatic rings. The highest BCUT2D eigenvalue weighted by Crippen LogP contribution is 2.33. The number of ether oxygens (including phenoxy) is 3. The number of carbonyl (C=O) groups excluding carboxylic acids is 1. The zero-order valence-electron chi connectivity index (χ0n) is 11.2. The van der Waals surface area contributed by atoms with Crippen molar-refractivity contribution >= 4 is 5.91 Å². The van der Waals surface area contributed by atoms with Gasteiger partial charge in [0.25, 0.3) is 5.91 Å². The average molecular weight is 299 g/mol. The lowest BCUT2D eigenvalue weighted by Crippen LogP contribution is -2.62. The van der Waals surface area contributed by atoms with Crippen LogP contribution in [0.4, 0.5) is 8.78 Å². The second-order valence-corrected chi connectivity index (χ2v) is 5.10. The summed E-state index contributed by atoms with van der Waals surface area (Å²) < 4.78 is 43.4. The summed E-state index contributed by atoms with van der Waals surface area (Å²) in [6, 6.07) is 3.59. The first kappa shape index (κ1) is 14.4. The van der Waals surface area contributed by atoms with E-state index in [1.54, 1.807) is 0 Å². The molecule has 21 heavy (non-hydrogen) atoms. The van der Waals surface area contributed by atoms with Crippen molar-refractivity contribution in [3.63, 3.8) is 0 Å². The molecule has 0 spiro atoms. The first-order valence-corrected chi connectivity index (χ1v) is 6.66. The van der Waals surface area contributed by atoms with Crippen LogP contribution in [0.25, 0.3) is 0 Å². The second kappa shape index (κ2) is 5.67. The number of rotatable bonds is 3. The van der Waals surface area contributed by atoms with Gasteiger partial charge in [-0.25, -0.2) is 8.78 Å². The first-order chi connectivity index (χ1) is 10.1. The Labute approximate surface area is 120 Å². The van der Waals surface area contributed by atoms with Gasteiger partial charge in [-0.15, -0.1) is 0 Å². The fourth-order valence-corrected chi connectivity index (χ4v) is 2.50. The smallest absolute Gasteiger partial charge is 0.252 e. The monoisotopic (exact) mass is 299 g/mol. The largest absolute Gasteiger partial charge is 0.376 e. The molecule has 0 aromatic heterocycles. The van der Waals surface area contributed by atoms with Crippen LogP contribution in [0.1, 0.15) is 5.56 Å². The van der Waals surface area contributed by atoms with Crippen molar-refractivity contribution in [3.05, 3.63) is 35.4 Å². The third-order valence-corrected chi connectivity index (χ3v) is 3.61. The summed E-state index contributed by atoms with van der Waals surface area (Å²) in [5, 5.41) is 2.65. The summed E-state index contributed by atoms with van der Waals surface area (Å²) >= 11 is 0. The van der Waals surface area contributed by atoms with Crippen LogP contribution in [0.3, 0.4) is 0 Å². The number of amides is 1. The normalized spacial score (nSPS) is 24.2. The Morgan fingerprint density at radius 3 is 2.43 bits per heavy atom. The van der Waals surface area contributed by atoms with Gasteiger partial charge in [-0.2, -0.15) is 0 Å². The highest BCUT2D eigenvalue weighted by Gasteiger charge is 2.46. The van der Waals surface area contributed by atoms with E-state index in [0.717, 1.165) is 12.1 Å². The van der Waals surface area contributed by atoms with Crippen molar-refractivity contribution in [2.45, 2.75) is 11.6 Å². The lowest BCUT2D eigenvalue weighted by atomic mass is 9.86. The number of hydrogen-bond donors (Lipinski definition) is 1. The molecule has 1 aromatic rings. The number of benzene rings is 1. The molecule has 0 bridgehead atoms. The van der Waals surface area contributed by atoms with Crippen molar-refractivity contribution in [2.75, 3.05) is 33.0 Å². The van der Waals surface area contributed by atoms with Crippen molar-refractivity contribution in [2.24, 2.45) is 0 Å². The third kappa shape index (κ3) is 2.64. The van der Waals surface area contributed by atoms with Gasteiger partial charge in [-0.3, -0.25) is 4.79 Å². The maximum absolute atomic E-state index is 14.0. The van der Waals surface area contributed by atoms with Gasteiger partial charge < -0.3 is 19.5 Å². The van der Waals surface area contributed by atoms with Gasteiger partial charge in [0.05, 0.1) is 38.6 Å². The molecule has 1 aromatic carbocycles.